The fourth-order valence-corrected chi connectivity index (χ4v) is 1.35. The molecule has 0 aromatic heterocycles. The van der Waals surface area contributed by atoms with E-state index in [1.165, 1.54) is 5.56 Å². The van der Waals surface area contributed by atoms with Gasteiger partial charge in [-0.25, -0.2) is 0 Å². The van der Waals surface area contributed by atoms with E-state index in [-0.39, 0.29) is 6.42 Å². The first kappa shape index (κ1) is 11.5. The zero-order chi connectivity index (χ0) is 11.3. The Morgan fingerprint density at radius 3 is 2.47 bits per heavy atom. The van der Waals surface area contributed by atoms with Gasteiger partial charge in [0.2, 0.25) is 0 Å². The molecule has 0 spiro atoms. The van der Waals surface area contributed by atoms with Gasteiger partial charge < -0.3 is 5.11 Å². The van der Waals surface area contributed by atoms with Crippen molar-refractivity contribution in [3.05, 3.63) is 41.5 Å². The highest BCUT2D eigenvalue weighted by Gasteiger charge is 1.97. The van der Waals surface area contributed by atoms with Crippen molar-refractivity contribution >= 4 is 11.5 Å². The third-order valence-corrected chi connectivity index (χ3v) is 2.32. The number of hydrogen-bond donors (Lipinski definition) is 1. The largest absolute Gasteiger partial charge is 0.481 e. The lowest BCUT2D eigenvalue weighted by Gasteiger charge is -2.01. The monoisotopic (exact) mass is 204 g/mol. The smallest absolute Gasteiger partial charge is 0.303 e. The van der Waals surface area contributed by atoms with Gasteiger partial charge in [-0.15, -0.1) is 0 Å². The molecule has 0 unspecified atom stereocenters. The summed E-state index contributed by atoms with van der Waals surface area (Å²) in [7, 11) is 0. The number of carboxylic acid groups (broad SMARTS) is 1. The Morgan fingerprint density at radius 1 is 1.33 bits per heavy atom. The summed E-state index contributed by atoms with van der Waals surface area (Å²) < 4.78 is 0. The van der Waals surface area contributed by atoms with Crippen LogP contribution in [0.4, 0.5) is 0 Å². The Kier molecular flexibility index (Phi) is 4.10. The van der Waals surface area contributed by atoms with Crippen molar-refractivity contribution < 1.29 is 9.90 Å². The standard InChI is InChI=1S/C13H16O2/c1-10-6-8-12(9-7-10)11(2)4-3-5-13(14)15/h4,6-9H,3,5H2,1-2H3,(H,14,15)/b11-4-. The normalized spacial score (nSPS) is 11.5. The Labute approximate surface area is 90.3 Å². The molecule has 0 fully saturated rings. The molecule has 0 saturated heterocycles. The molecular formula is C13H16O2. The van der Waals surface area contributed by atoms with Gasteiger partial charge in [0.05, 0.1) is 0 Å². The predicted molar refractivity (Wildman–Crippen MR) is 61.7 cm³/mol. The van der Waals surface area contributed by atoms with Gasteiger partial charge in [-0.3, -0.25) is 4.79 Å². The average Bonchev–Trinajstić information content (AvgIpc) is 2.18. The van der Waals surface area contributed by atoms with Crippen molar-refractivity contribution in [2.75, 3.05) is 0 Å². The minimum absolute atomic E-state index is 0.198. The minimum atomic E-state index is -0.747. The first-order chi connectivity index (χ1) is 7.09. The summed E-state index contributed by atoms with van der Waals surface area (Å²) in [6.45, 7) is 4.06. The van der Waals surface area contributed by atoms with Gasteiger partial charge in [0, 0.05) is 6.42 Å². The molecule has 15 heavy (non-hydrogen) atoms. The third kappa shape index (κ3) is 3.98. The van der Waals surface area contributed by atoms with E-state index >= 15 is 0 Å². The summed E-state index contributed by atoms with van der Waals surface area (Å²) in [4.78, 5) is 10.3. The van der Waals surface area contributed by atoms with Gasteiger partial charge in [0.15, 0.2) is 0 Å². The molecule has 0 aliphatic rings. The Balaban J connectivity index is 2.63. The Hall–Kier alpha value is -1.57. The first-order valence-corrected chi connectivity index (χ1v) is 5.05. The molecule has 0 amide bonds. The van der Waals surface area contributed by atoms with Crippen molar-refractivity contribution in [1.82, 2.24) is 0 Å². The molecule has 0 aliphatic heterocycles. The lowest BCUT2D eigenvalue weighted by Crippen LogP contribution is -1.92. The molecule has 2 nitrogen and oxygen atoms in total. The molecule has 1 rings (SSSR count). The van der Waals surface area contributed by atoms with E-state index in [2.05, 4.69) is 24.3 Å². The van der Waals surface area contributed by atoms with Crippen LogP contribution in [0.5, 0.6) is 0 Å². The van der Waals surface area contributed by atoms with E-state index in [0.717, 1.165) is 11.1 Å². The summed E-state index contributed by atoms with van der Waals surface area (Å²) >= 11 is 0. The second-order valence-electron chi connectivity index (χ2n) is 3.69. The van der Waals surface area contributed by atoms with E-state index in [1.807, 2.05) is 19.9 Å². The maximum absolute atomic E-state index is 10.3. The van der Waals surface area contributed by atoms with E-state index in [9.17, 15) is 4.79 Å². The molecular weight excluding hydrogens is 188 g/mol. The second-order valence-corrected chi connectivity index (χ2v) is 3.69. The minimum Gasteiger partial charge on any atom is -0.481 e. The highest BCUT2D eigenvalue weighted by atomic mass is 16.4. The van der Waals surface area contributed by atoms with Crippen molar-refractivity contribution in [1.29, 1.82) is 0 Å². The summed E-state index contributed by atoms with van der Waals surface area (Å²) in [6.07, 6.45) is 2.76. The first-order valence-electron chi connectivity index (χ1n) is 5.05. The Bertz CT molecular complexity index is 361. The fourth-order valence-electron chi connectivity index (χ4n) is 1.35. The molecule has 80 valence electrons. The van der Waals surface area contributed by atoms with Gasteiger partial charge in [0.1, 0.15) is 0 Å². The molecule has 0 atom stereocenters. The maximum atomic E-state index is 10.3. The molecule has 1 aromatic rings. The summed E-state index contributed by atoms with van der Waals surface area (Å²) in [5.74, 6) is -0.747. The highest BCUT2D eigenvalue weighted by Crippen LogP contribution is 2.15. The van der Waals surface area contributed by atoms with Gasteiger partial charge in [-0.1, -0.05) is 35.9 Å². The molecule has 0 bridgehead atoms. The number of benzene rings is 1. The number of aryl methyl sites for hydroxylation is 1. The molecule has 0 radical (unpaired) electrons. The summed E-state index contributed by atoms with van der Waals surface area (Å²) in [5, 5.41) is 8.50. The molecule has 1 N–H and O–H groups in total. The van der Waals surface area contributed by atoms with Crippen LogP contribution in [0.3, 0.4) is 0 Å². The lowest BCUT2D eigenvalue weighted by atomic mass is 10.0. The number of carboxylic acids is 1. The quantitative estimate of drug-likeness (QED) is 0.817. The van der Waals surface area contributed by atoms with Crippen molar-refractivity contribution in [3.8, 4) is 0 Å². The zero-order valence-corrected chi connectivity index (χ0v) is 9.16. The maximum Gasteiger partial charge on any atom is 0.303 e. The van der Waals surface area contributed by atoms with Crippen LogP contribution in [-0.4, -0.2) is 11.1 Å². The molecule has 0 aliphatic carbocycles. The van der Waals surface area contributed by atoms with Gasteiger partial charge >= 0.3 is 5.97 Å². The number of aliphatic carboxylic acids is 1. The third-order valence-electron chi connectivity index (χ3n) is 2.32. The average molecular weight is 204 g/mol. The highest BCUT2D eigenvalue weighted by molar-refractivity contribution is 5.68. The lowest BCUT2D eigenvalue weighted by molar-refractivity contribution is -0.136. The van der Waals surface area contributed by atoms with Crippen LogP contribution in [0.15, 0.2) is 30.3 Å². The number of allylic oxidation sites excluding steroid dienone is 2. The van der Waals surface area contributed by atoms with Crippen LogP contribution in [0.2, 0.25) is 0 Å². The number of rotatable bonds is 4. The van der Waals surface area contributed by atoms with Crippen molar-refractivity contribution in [3.63, 3.8) is 0 Å². The van der Waals surface area contributed by atoms with E-state index in [4.69, 9.17) is 5.11 Å². The fraction of sp³-hybridized carbons (Fsp3) is 0.308. The van der Waals surface area contributed by atoms with Crippen LogP contribution in [-0.2, 0) is 4.79 Å². The molecule has 0 saturated carbocycles. The topological polar surface area (TPSA) is 37.3 Å². The van der Waals surface area contributed by atoms with Crippen LogP contribution in [0.25, 0.3) is 5.57 Å². The van der Waals surface area contributed by atoms with E-state index in [0.29, 0.717) is 6.42 Å². The van der Waals surface area contributed by atoms with E-state index < -0.39 is 5.97 Å². The Morgan fingerprint density at radius 2 is 1.93 bits per heavy atom. The van der Waals surface area contributed by atoms with Gasteiger partial charge in [-0.05, 0) is 31.4 Å². The van der Waals surface area contributed by atoms with Crippen molar-refractivity contribution in [2.24, 2.45) is 0 Å². The van der Waals surface area contributed by atoms with Crippen LogP contribution >= 0.6 is 0 Å². The van der Waals surface area contributed by atoms with Gasteiger partial charge in [-0.2, -0.15) is 0 Å². The number of hydrogen-bond acceptors (Lipinski definition) is 1. The van der Waals surface area contributed by atoms with Gasteiger partial charge in [0.25, 0.3) is 0 Å². The summed E-state index contributed by atoms with van der Waals surface area (Å²) in [5.41, 5.74) is 3.53. The van der Waals surface area contributed by atoms with Crippen LogP contribution < -0.4 is 0 Å². The molecule has 1 aromatic carbocycles. The second kappa shape index (κ2) is 5.35. The van der Waals surface area contributed by atoms with E-state index in [1.54, 1.807) is 0 Å². The number of carbonyl (C=O) groups is 1. The summed E-state index contributed by atoms with van der Waals surface area (Å²) in [6, 6.07) is 8.23. The molecule has 2 heteroatoms. The molecule has 0 heterocycles. The van der Waals surface area contributed by atoms with Crippen LogP contribution in [0, 0.1) is 6.92 Å². The SMILES string of the molecule is C/C(=C/CCC(=O)O)c1ccc(C)cc1. The van der Waals surface area contributed by atoms with Crippen molar-refractivity contribution in [2.45, 2.75) is 26.7 Å². The van der Waals surface area contributed by atoms with Crippen LogP contribution in [0.1, 0.15) is 30.9 Å². The zero-order valence-electron chi connectivity index (χ0n) is 9.16. The predicted octanol–water partition coefficient (Wildman–Crippen LogP) is 3.26.